The molecule has 1 atom stereocenters. The van der Waals surface area contributed by atoms with Crippen molar-refractivity contribution in [3.63, 3.8) is 0 Å². The molecule has 10 nitrogen and oxygen atoms in total. The molecule has 0 bridgehead atoms. The number of carbonyl (C=O) groups excluding carboxylic acids is 4. The third-order valence-corrected chi connectivity index (χ3v) is 9.70. The van der Waals surface area contributed by atoms with Gasteiger partial charge < -0.3 is 14.9 Å². The molecule has 2 aliphatic heterocycles. The SMILES string of the molecule is CCC(=C(c1ccc(O)cc1)c1ccc(OCCN(C)Cc2cc3c(cc2Br)C(=O)N(C2CCC(=O)NC2=O)C3=O)cc1)c1ccc(O)cc1. The van der Waals surface area contributed by atoms with E-state index in [0.29, 0.717) is 29.9 Å². The van der Waals surface area contributed by atoms with Crippen LogP contribution in [0.3, 0.4) is 0 Å². The topological polar surface area (TPSA) is 136 Å². The molecule has 2 heterocycles. The minimum atomic E-state index is -1.01. The monoisotopic (exact) mass is 737 g/mol. The molecule has 0 aliphatic carbocycles. The zero-order chi connectivity index (χ0) is 35.5. The predicted molar refractivity (Wildman–Crippen MR) is 192 cm³/mol. The lowest BCUT2D eigenvalue weighted by Gasteiger charge is -2.27. The number of likely N-dealkylation sites (N-methyl/N-ethyl adjacent to an activating group) is 1. The number of phenolic OH excluding ortho intramolecular Hbond substituents is 2. The molecule has 1 fully saturated rings. The Morgan fingerprint density at radius 2 is 1.42 bits per heavy atom. The number of nitrogens with one attached hydrogen (secondary N) is 1. The predicted octanol–water partition coefficient (Wildman–Crippen LogP) is 6.14. The number of hydrogen-bond donors (Lipinski definition) is 3. The van der Waals surface area contributed by atoms with E-state index < -0.39 is 29.7 Å². The van der Waals surface area contributed by atoms with Crippen LogP contribution in [-0.2, 0) is 16.1 Å². The number of halogens is 1. The average molecular weight is 739 g/mol. The van der Waals surface area contributed by atoms with Crippen molar-refractivity contribution in [2.24, 2.45) is 0 Å². The summed E-state index contributed by atoms with van der Waals surface area (Å²) in [6.07, 6.45) is 0.911. The second kappa shape index (κ2) is 14.7. The van der Waals surface area contributed by atoms with E-state index in [4.69, 9.17) is 4.74 Å². The summed E-state index contributed by atoms with van der Waals surface area (Å²) in [5.74, 6) is -1.05. The number of aromatic hydroxyl groups is 2. The van der Waals surface area contributed by atoms with E-state index in [1.54, 1.807) is 36.4 Å². The lowest BCUT2D eigenvalue weighted by Crippen LogP contribution is -2.54. The van der Waals surface area contributed by atoms with E-state index in [2.05, 4.69) is 28.2 Å². The van der Waals surface area contributed by atoms with Gasteiger partial charge in [-0.1, -0.05) is 59.3 Å². The highest BCUT2D eigenvalue weighted by Crippen LogP contribution is 2.36. The maximum atomic E-state index is 13.3. The van der Waals surface area contributed by atoms with E-state index in [0.717, 1.165) is 44.7 Å². The van der Waals surface area contributed by atoms with Crippen molar-refractivity contribution in [3.05, 3.63) is 123 Å². The van der Waals surface area contributed by atoms with Crippen LogP contribution in [0.2, 0.25) is 0 Å². The highest BCUT2D eigenvalue weighted by molar-refractivity contribution is 9.10. The Balaban J connectivity index is 1.12. The normalized spacial score (nSPS) is 16.4. The number of amides is 4. The summed E-state index contributed by atoms with van der Waals surface area (Å²) in [6, 6.07) is 24.4. The number of hydrogen-bond acceptors (Lipinski definition) is 8. The molecule has 0 radical (unpaired) electrons. The second-order valence-electron chi connectivity index (χ2n) is 12.3. The van der Waals surface area contributed by atoms with Crippen LogP contribution in [0.5, 0.6) is 17.2 Å². The first-order chi connectivity index (χ1) is 24.0. The molecule has 256 valence electrons. The minimum absolute atomic E-state index is 0.0640. The van der Waals surface area contributed by atoms with Gasteiger partial charge >= 0.3 is 0 Å². The van der Waals surface area contributed by atoms with E-state index in [1.807, 2.05) is 60.5 Å². The molecule has 2 aliphatic rings. The maximum Gasteiger partial charge on any atom is 0.262 e. The van der Waals surface area contributed by atoms with Crippen LogP contribution in [0.15, 0.2) is 89.4 Å². The van der Waals surface area contributed by atoms with Crippen LogP contribution in [0, 0.1) is 0 Å². The highest BCUT2D eigenvalue weighted by atomic mass is 79.9. The molecule has 4 amide bonds. The van der Waals surface area contributed by atoms with Gasteiger partial charge in [0.25, 0.3) is 11.8 Å². The van der Waals surface area contributed by atoms with Crippen LogP contribution in [0.25, 0.3) is 11.1 Å². The smallest absolute Gasteiger partial charge is 0.262 e. The number of imide groups is 2. The third-order valence-electron chi connectivity index (χ3n) is 8.96. The first-order valence-electron chi connectivity index (χ1n) is 16.3. The molecule has 11 heteroatoms. The summed E-state index contributed by atoms with van der Waals surface area (Å²) < 4.78 is 6.76. The van der Waals surface area contributed by atoms with Gasteiger partial charge in [-0.3, -0.25) is 34.3 Å². The standard InChI is InChI=1S/C39H36BrN3O7/c1-3-30(23-4-10-27(44)11-5-23)36(24-6-12-28(45)13-7-24)25-8-14-29(15-9-25)50-19-18-42(2)22-26-20-31-32(21-33(26)40)39(49)43(38(31)48)34-16-17-35(46)41-37(34)47/h4-15,20-21,34,44-45H,3,16-19,22H2,1-2H3,(H,41,46,47). The van der Waals surface area contributed by atoms with Crippen LogP contribution in [-0.4, -0.2) is 69.9 Å². The fourth-order valence-electron chi connectivity index (χ4n) is 6.39. The Bertz CT molecular complexity index is 1990. The van der Waals surface area contributed by atoms with Gasteiger partial charge in [-0.25, -0.2) is 0 Å². The van der Waals surface area contributed by atoms with Crippen LogP contribution >= 0.6 is 15.9 Å². The summed E-state index contributed by atoms with van der Waals surface area (Å²) in [7, 11) is 1.93. The van der Waals surface area contributed by atoms with Crippen LogP contribution in [0.4, 0.5) is 0 Å². The molecule has 4 aromatic rings. The van der Waals surface area contributed by atoms with Crippen molar-refractivity contribution in [2.45, 2.75) is 38.8 Å². The molecular formula is C39H36BrN3O7. The van der Waals surface area contributed by atoms with Crippen molar-refractivity contribution < 1.29 is 34.1 Å². The summed E-state index contributed by atoms with van der Waals surface area (Å²) in [6.45, 7) is 3.52. The Hall–Kier alpha value is -5.26. The molecule has 50 heavy (non-hydrogen) atoms. The molecule has 0 spiro atoms. The largest absolute Gasteiger partial charge is 0.508 e. The van der Waals surface area contributed by atoms with Crippen molar-refractivity contribution >= 4 is 50.7 Å². The average Bonchev–Trinajstić information content (AvgIpc) is 3.33. The fraction of sp³-hybridized carbons (Fsp3) is 0.231. The van der Waals surface area contributed by atoms with Gasteiger partial charge in [0, 0.05) is 24.0 Å². The first-order valence-corrected chi connectivity index (χ1v) is 17.1. The maximum absolute atomic E-state index is 13.3. The summed E-state index contributed by atoms with van der Waals surface area (Å²) >= 11 is 3.55. The number of nitrogens with zero attached hydrogens (tertiary/aromatic N) is 2. The number of fused-ring (bicyclic) bond motifs is 1. The lowest BCUT2D eigenvalue weighted by molar-refractivity contribution is -0.136. The summed E-state index contributed by atoms with van der Waals surface area (Å²) in [5.41, 5.74) is 6.31. The molecule has 1 saturated heterocycles. The van der Waals surface area contributed by atoms with Gasteiger partial charge in [0.15, 0.2) is 0 Å². The van der Waals surface area contributed by atoms with Crippen LogP contribution < -0.4 is 10.1 Å². The number of allylic oxidation sites excluding steroid dienone is 1. The van der Waals surface area contributed by atoms with E-state index in [1.165, 1.54) is 0 Å². The Morgan fingerprint density at radius 1 is 0.860 bits per heavy atom. The molecule has 0 aromatic heterocycles. The van der Waals surface area contributed by atoms with E-state index in [-0.39, 0.29) is 35.5 Å². The Kier molecular flexibility index (Phi) is 10.2. The van der Waals surface area contributed by atoms with Gasteiger partial charge in [-0.2, -0.15) is 0 Å². The third kappa shape index (κ3) is 7.19. The molecule has 3 N–H and O–H groups in total. The fourth-order valence-corrected chi connectivity index (χ4v) is 6.86. The van der Waals surface area contributed by atoms with Crippen molar-refractivity contribution in [2.75, 3.05) is 20.2 Å². The van der Waals surface area contributed by atoms with Gasteiger partial charge in [-0.15, -0.1) is 0 Å². The number of piperidine rings is 1. The first kappa shape index (κ1) is 34.6. The lowest BCUT2D eigenvalue weighted by atomic mass is 9.88. The quantitative estimate of drug-likeness (QED) is 0.123. The Morgan fingerprint density at radius 3 is 2.00 bits per heavy atom. The summed E-state index contributed by atoms with van der Waals surface area (Å²) in [5, 5.41) is 22.0. The highest BCUT2D eigenvalue weighted by Gasteiger charge is 2.45. The number of ether oxygens (including phenoxy) is 1. The molecule has 0 saturated carbocycles. The molecule has 1 unspecified atom stereocenters. The molecule has 6 rings (SSSR count). The van der Waals surface area contributed by atoms with Gasteiger partial charge in [-0.05, 0) is 102 Å². The minimum Gasteiger partial charge on any atom is -0.508 e. The number of phenols is 2. The zero-order valence-corrected chi connectivity index (χ0v) is 29.2. The Labute approximate surface area is 298 Å². The van der Waals surface area contributed by atoms with Crippen molar-refractivity contribution in [1.82, 2.24) is 15.1 Å². The second-order valence-corrected chi connectivity index (χ2v) is 13.2. The van der Waals surface area contributed by atoms with Crippen LogP contribution in [0.1, 0.15) is 69.2 Å². The zero-order valence-electron chi connectivity index (χ0n) is 27.6. The van der Waals surface area contributed by atoms with Crippen molar-refractivity contribution in [3.8, 4) is 17.2 Å². The van der Waals surface area contributed by atoms with Gasteiger partial charge in [0.2, 0.25) is 11.8 Å². The number of benzene rings is 4. The van der Waals surface area contributed by atoms with E-state index in [9.17, 15) is 29.4 Å². The number of rotatable bonds is 11. The van der Waals surface area contributed by atoms with E-state index >= 15 is 0 Å². The molecule has 4 aromatic carbocycles. The number of carbonyl (C=O) groups is 4. The van der Waals surface area contributed by atoms with Crippen molar-refractivity contribution in [1.29, 1.82) is 0 Å². The molecular weight excluding hydrogens is 702 g/mol. The van der Waals surface area contributed by atoms with Gasteiger partial charge in [0.05, 0.1) is 11.1 Å². The summed E-state index contributed by atoms with van der Waals surface area (Å²) in [4.78, 5) is 53.4. The van der Waals surface area contributed by atoms with Gasteiger partial charge in [0.1, 0.15) is 29.9 Å².